The summed E-state index contributed by atoms with van der Waals surface area (Å²) in [5.74, 6) is -0.128. The number of rotatable bonds is 3. The molecule has 112 valence electrons. The minimum Gasteiger partial charge on any atom is -0.493 e. The van der Waals surface area contributed by atoms with Gasteiger partial charge in [0.25, 0.3) is 0 Å². The van der Waals surface area contributed by atoms with E-state index in [1.54, 1.807) is 12.1 Å². The van der Waals surface area contributed by atoms with E-state index < -0.39 is 0 Å². The van der Waals surface area contributed by atoms with E-state index in [1.807, 2.05) is 19.1 Å². The summed E-state index contributed by atoms with van der Waals surface area (Å²) in [6.45, 7) is 3.26. The Balaban J connectivity index is 2.10. The highest BCUT2D eigenvalue weighted by Crippen LogP contribution is 2.26. The van der Waals surface area contributed by atoms with Gasteiger partial charge in [0.15, 0.2) is 11.4 Å². The molecule has 0 atom stereocenters. The van der Waals surface area contributed by atoms with E-state index in [0.717, 1.165) is 5.56 Å². The SMILES string of the molecule is CC(=O)c1cnn2c(O)c(Cc3ccc(Cl)cc3)c(C)nc12. The first kappa shape index (κ1) is 14.5. The van der Waals surface area contributed by atoms with E-state index in [9.17, 15) is 9.90 Å². The van der Waals surface area contributed by atoms with Gasteiger partial charge in [-0.05, 0) is 31.5 Å². The van der Waals surface area contributed by atoms with Crippen molar-refractivity contribution < 1.29 is 9.90 Å². The molecule has 0 amide bonds. The number of Topliss-reactive ketones (excluding diaryl/α,β-unsaturated/α-hetero) is 1. The number of aromatic nitrogens is 3. The Morgan fingerprint density at radius 2 is 2.00 bits per heavy atom. The second kappa shape index (κ2) is 5.42. The Hall–Kier alpha value is -2.40. The summed E-state index contributed by atoms with van der Waals surface area (Å²) in [5.41, 5.74) is 3.12. The Kier molecular flexibility index (Phi) is 3.58. The van der Waals surface area contributed by atoms with Gasteiger partial charge in [0, 0.05) is 22.7 Å². The fourth-order valence-electron chi connectivity index (χ4n) is 2.38. The van der Waals surface area contributed by atoms with Gasteiger partial charge in [0.1, 0.15) is 0 Å². The highest BCUT2D eigenvalue weighted by molar-refractivity contribution is 6.30. The van der Waals surface area contributed by atoms with Crippen LogP contribution in [0.4, 0.5) is 0 Å². The zero-order valence-electron chi connectivity index (χ0n) is 12.2. The first-order chi connectivity index (χ1) is 10.5. The van der Waals surface area contributed by atoms with Crippen molar-refractivity contribution in [2.24, 2.45) is 0 Å². The van der Waals surface area contributed by atoms with Crippen LogP contribution < -0.4 is 0 Å². The number of carbonyl (C=O) groups is 1. The fraction of sp³-hybridized carbons (Fsp3) is 0.188. The molecule has 22 heavy (non-hydrogen) atoms. The number of ketones is 1. The van der Waals surface area contributed by atoms with Crippen molar-refractivity contribution in [3.63, 3.8) is 0 Å². The molecule has 0 saturated heterocycles. The maximum absolute atomic E-state index is 11.6. The third-order valence-electron chi connectivity index (χ3n) is 3.60. The molecule has 3 rings (SSSR count). The molecule has 0 bridgehead atoms. The van der Waals surface area contributed by atoms with Crippen LogP contribution in [-0.2, 0) is 6.42 Å². The molecule has 1 N–H and O–H groups in total. The first-order valence-corrected chi connectivity index (χ1v) is 7.16. The Bertz CT molecular complexity index is 869. The smallest absolute Gasteiger partial charge is 0.219 e. The molecule has 0 unspecified atom stereocenters. The quantitative estimate of drug-likeness (QED) is 0.754. The lowest BCUT2D eigenvalue weighted by atomic mass is 10.0. The van der Waals surface area contributed by atoms with E-state index in [1.165, 1.54) is 17.6 Å². The Morgan fingerprint density at radius 3 is 2.64 bits per heavy atom. The van der Waals surface area contributed by atoms with Gasteiger partial charge in [-0.3, -0.25) is 4.79 Å². The van der Waals surface area contributed by atoms with Crippen LogP contribution in [0.2, 0.25) is 5.02 Å². The lowest BCUT2D eigenvalue weighted by Crippen LogP contribution is -2.03. The Labute approximate surface area is 132 Å². The topological polar surface area (TPSA) is 67.5 Å². The van der Waals surface area contributed by atoms with E-state index in [4.69, 9.17) is 11.6 Å². The molecule has 0 radical (unpaired) electrons. The fourth-order valence-corrected chi connectivity index (χ4v) is 2.51. The molecule has 0 spiro atoms. The lowest BCUT2D eigenvalue weighted by molar-refractivity contribution is 0.101. The molecule has 6 heteroatoms. The van der Waals surface area contributed by atoms with Crippen molar-refractivity contribution in [3.8, 4) is 5.88 Å². The highest BCUT2D eigenvalue weighted by Gasteiger charge is 2.17. The second-order valence-corrected chi connectivity index (χ2v) is 5.59. The number of fused-ring (bicyclic) bond motifs is 1. The normalized spacial score (nSPS) is 11.0. The van der Waals surface area contributed by atoms with Gasteiger partial charge < -0.3 is 5.11 Å². The van der Waals surface area contributed by atoms with Crippen molar-refractivity contribution in [1.29, 1.82) is 0 Å². The summed E-state index contributed by atoms with van der Waals surface area (Å²) in [5, 5.41) is 15.2. The van der Waals surface area contributed by atoms with Gasteiger partial charge in [0.05, 0.1) is 11.8 Å². The zero-order valence-corrected chi connectivity index (χ0v) is 12.9. The van der Waals surface area contributed by atoms with Crippen molar-refractivity contribution >= 4 is 23.0 Å². The van der Waals surface area contributed by atoms with Crippen molar-refractivity contribution in [1.82, 2.24) is 14.6 Å². The van der Waals surface area contributed by atoms with Gasteiger partial charge in [-0.2, -0.15) is 9.61 Å². The van der Waals surface area contributed by atoms with Crippen LogP contribution in [0.25, 0.3) is 5.65 Å². The average Bonchev–Trinajstić information content (AvgIpc) is 2.89. The van der Waals surface area contributed by atoms with Crippen LogP contribution in [0.15, 0.2) is 30.5 Å². The molecule has 0 fully saturated rings. The van der Waals surface area contributed by atoms with E-state index in [2.05, 4.69) is 10.1 Å². The molecule has 2 heterocycles. The molecule has 0 aliphatic carbocycles. The van der Waals surface area contributed by atoms with Gasteiger partial charge in [0.2, 0.25) is 5.88 Å². The molecular formula is C16H14ClN3O2. The number of benzene rings is 1. The summed E-state index contributed by atoms with van der Waals surface area (Å²) < 4.78 is 1.30. The molecule has 0 aliphatic rings. The molecule has 0 aliphatic heterocycles. The highest BCUT2D eigenvalue weighted by atomic mass is 35.5. The number of nitrogens with zero attached hydrogens (tertiary/aromatic N) is 3. The maximum Gasteiger partial charge on any atom is 0.219 e. The van der Waals surface area contributed by atoms with Crippen LogP contribution in [0, 0.1) is 6.92 Å². The number of halogens is 1. The molecular weight excluding hydrogens is 302 g/mol. The van der Waals surface area contributed by atoms with Crippen molar-refractivity contribution in [2.75, 3.05) is 0 Å². The van der Waals surface area contributed by atoms with Crippen LogP contribution >= 0.6 is 11.6 Å². The predicted octanol–water partition coefficient (Wildman–Crippen LogP) is 3.19. The van der Waals surface area contributed by atoms with Gasteiger partial charge in [-0.1, -0.05) is 23.7 Å². The lowest BCUT2D eigenvalue weighted by Gasteiger charge is -2.10. The molecule has 2 aromatic heterocycles. The summed E-state index contributed by atoms with van der Waals surface area (Å²) in [4.78, 5) is 16.0. The third kappa shape index (κ3) is 2.44. The number of carbonyl (C=O) groups excluding carboxylic acids is 1. The maximum atomic E-state index is 11.6. The first-order valence-electron chi connectivity index (χ1n) is 6.79. The summed E-state index contributed by atoms with van der Waals surface area (Å²) >= 11 is 5.88. The zero-order chi connectivity index (χ0) is 15.9. The van der Waals surface area contributed by atoms with E-state index in [-0.39, 0.29) is 11.7 Å². The van der Waals surface area contributed by atoms with E-state index >= 15 is 0 Å². The van der Waals surface area contributed by atoms with Crippen molar-refractivity contribution in [2.45, 2.75) is 20.3 Å². The minimum absolute atomic E-state index is 0.00458. The number of hydrogen-bond acceptors (Lipinski definition) is 4. The van der Waals surface area contributed by atoms with Gasteiger partial charge in [-0.25, -0.2) is 4.98 Å². The Morgan fingerprint density at radius 1 is 1.32 bits per heavy atom. The molecule has 3 aromatic rings. The largest absolute Gasteiger partial charge is 0.493 e. The molecule has 5 nitrogen and oxygen atoms in total. The number of aromatic hydroxyl groups is 1. The number of aryl methyl sites for hydroxylation is 1. The van der Waals surface area contributed by atoms with Gasteiger partial charge in [-0.15, -0.1) is 0 Å². The van der Waals surface area contributed by atoms with Gasteiger partial charge >= 0.3 is 0 Å². The van der Waals surface area contributed by atoms with Crippen LogP contribution in [0.3, 0.4) is 0 Å². The monoisotopic (exact) mass is 315 g/mol. The summed E-state index contributed by atoms with van der Waals surface area (Å²) in [6, 6.07) is 7.40. The third-order valence-corrected chi connectivity index (χ3v) is 3.85. The van der Waals surface area contributed by atoms with Crippen LogP contribution in [0.5, 0.6) is 5.88 Å². The van der Waals surface area contributed by atoms with Crippen LogP contribution in [0.1, 0.15) is 34.1 Å². The molecule has 1 aromatic carbocycles. The summed E-state index contributed by atoms with van der Waals surface area (Å²) in [7, 11) is 0. The van der Waals surface area contributed by atoms with Crippen LogP contribution in [-0.4, -0.2) is 25.5 Å². The second-order valence-electron chi connectivity index (χ2n) is 5.15. The predicted molar refractivity (Wildman–Crippen MR) is 83.7 cm³/mol. The summed E-state index contributed by atoms with van der Waals surface area (Å²) in [6.07, 6.45) is 1.93. The average molecular weight is 316 g/mol. The standard InChI is InChI=1S/C16H14ClN3O2/c1-9-13(7-11-3-5-12(17)6-4-11)16(22)20-15(19-9)14(8-18-20)10(2)21/h3-6,8,22H,7H2,1-2H3. The van der Waals surface area contributed by atoms with Crippen molar-refractivity contribution in [3.05, 3.63) is 57.9 Å². The minimum atomic E-state index is -0.133. The number of hydrogen-bond donors (Lipinski definition) is 1. The molecule has 0 saturated carbocycles. The van der Waals surface area contributed by atoms with E-state index in [0.29, 0.717) is 33.9 Å².